The first-order valence-electron chi connectivity index (χ1n) is 18.5. The van der Waals surface area contributed by atoms with Crippen LogP contribution in [-0.2, 0) is 57.0 Å². The molecule has 8 fully saturated rings. The average molecular weight is 731 g/mol. The number of fused-ring (bicyclic) bond motifs is 13. The van der Waals surface area contributed by atoms with E-state index in [-0.39, 0.29) is 31.5 Å². The molecule has 9 rings (SSSR count). The molecule has 4 aliphatic carbocycles. The second-order valence-corrected chi connectivity index (χ2v) is 17.5. The third-order valence-corrected chi connectivity index (χ3v) is 15.8. The molecular formula is C38H50O14. The Morgan fingerprint density at radius 2 is 1.75 bits per heavy atom. The van der Waals surface area contributed by atoms with E-state index < -0.39 is 111 Å². The topological polar surface area (TPSA) is 175 Å². The van der Waals surface area contributed by atoms with E-state index in [1.54, 1.807) is 26.0 Å². The minimum absolute atomic E-state index is 0.0851. The zero-order valence-electron chi connectivity index (χ0n) is 30.9. The number of ether oxygens (including phenoxy) is 9. The van der Waals surface area contributed by atoms with Crippen LogP contribution in [0.5, 0.6) is 0 Å². The fraction of sp³-hybridized carbons (Fsp3) is 0.816. The van der Waals surface area contributed by atoms with Gasteiger partial charge in [0.1, 0.15) is 17.8 Å². The lowest BCUT2D eigenvalue weighted by atomic mass is 9.37. The number of allylic oxidation sites excluding steroid dienone is 1. The number of hydrogen-bond acceptors (Lipinski definition) is 14. The molecule has 0 aromatic carbocycles. The maximum atomic E-state index is 14.3. The molecule has 4 saturated heterocycles. The van der Waals surface area contributed by atoms with Crippen LogP contribution in [0.3, 0.4) is 0 Å². The Morgan fingerprint density at radius 3 is 2.42 bits per heavy atom. The molecule has 3 unspecified atom stereocenters. The van der Waals surface area contributed by atoms with Crippen molar-refractivity contribution >= 4 is 17.9 Å². The molecule has 52 heavy (non-hydrogen) atoms. The molecule has 1 spiro atoms. The van der Waals surface area contributed by atoms with Crippen molar-refractivity contribution in [1.29, 1.82) is 0 Å². The van der Waals surface area contributed by atoms with E-state index in [1.807, 2.05) is 20.8 Å². The summed E-state index contributed by atoms with van der Waals surface area (Å²) >= 11 is 0. The average Bonchev–Trinajstić information content (AvgIpc) is 3.91. The molecule has 0 aromatic rings. The molecule has 2 bridgehead atoms. The van der Waals surface area contributed by atoms with Crippen molar-refractivity contribution in [2.45, 2.75) is 120 Å². The minimum atomic E-state index is -2.07. The number of esters is 3. The molecule has 9 aliphatic rings. The van der Waals surface area contributed by atoms with Crippen LogP contribution in [0, 0.1) is 45.8 Å². The SMILES string of the molecule is C/C=C(\C)C(=O)O[C@@H]1C[C@H](OC(C)=O)[C@]23CO[C@](OC)(C(=O)OC)[C@H]2[C@@]2(C)C(O[C@]4(C)CC5C([C@@H]6C[C@H]5[C@@]5(O)C=CO[C@H]5O6)[C@@]42O)[C@@H]2OC[C@@]1(C)[C@H]23. The second kappa shape index (κ2) is 10.6. The van der Waals surface area contributed by atoms with E-state index in [0.717, 1.165) is 0 Å². The van der Waals surface area contributed by atoms with Crippen molar-refractivity contribution in [3.63, 3.8) is 0 Å². The lowest BCUT2D eigenvalue weighted by molar-refractivity contribution is -0.306. The number of methoxy groups -OCH3 is 2. The zero-order valence-corrected chi connectivity index (χ0v) is 30.9. The molecule has 0 aromatic heterocycles. The van der Waals surface area contributed by atoms with Gasteiger partial charge in [0.25, 0.3) is 5.79 Å². The lowest BCUT2D eigenvalue weighted by Crippen LogP contribution is -2.78. The van der Waals surface area contributed by atoms with Crippen LogP contribution >= 0.6 is 0 Å². The molecular weight excluding hydrogens is 680 g/mol. The summed E-state index contributed by atoms with van der Waals surface area (Å²) in [5, 5.41) is 25.9. The molecule has 4 saturated carbocycles. The van der Waals surface area contributed by atoms with Gasteiger partial charge in [-0.1, -0.05) is 19.9 Å². The smallest absolute Gasteiger partial charge is 0.366 e. The van der Waals surface area contributed by atoms with E-state index in [4.69, 9.17) is 42.6 Å². The molecule has 5 aliphatic heterocycles. The van der Waals surface area contributed by atoms with Crippen LogP contribution in [0.4, 0.5) is 0 Å². The van der Waals surface area contributed by atoms with Crippen molar-refractivity contribution in [3.8, 4) is 0 Å². The van der Waals surface area contributed by atoms with Crippen molar-refractivity contribution in [2.75, 3.05) is 27.4 Å². The van der Waals surface area contributed by atoms with E-state index in [2.05, 4.69) is 0 Å². The summed E-state index contributed by atoms with van der Waals surface area (Å²) in [4.78, 5) is 40.7. The first kappa shape index (κ1) is 35.1. The molecule has 286 valence electrons. The Morgan fingerprint density at radius 1 is 1.00 bits per heavy atom. The summed E-state index contributed by atoms with van der Waals surface area (Å²) in [6, 6.07) is 0. The first-order valence-corrected chi connectivity index (χ1v) is 18.5. The van der Waals surface area contributed by atoms with Crippen molar-refractivity contribution in [3.05, 3.63) is 24.0 Å². The fourth-order valence-electron chi connectivity index (χ4n) is 14.0. The third-order valence-electron chi connectivity index (χ3n) is 15.8. The Balaban J connectivity index is 1.27. The molecule has 0 amide bonds. The van der Waals surface area contributed by atoms with Gasteiger partial charge in [-0.15, -0.1) is 0 Å². The van der Waals surface area contributed by atoms with Gasteiger partial charge in [-0.25, -0.2) is 9.59 Å². The van der Waals surface area contributed by atoms with E-state index in [9.17, 15) is 24.6 Å². The van der Waals surface area contributed by atoms with E-state index in [0.29, 0.717) is 18.4 Å². The number of rotatable bonds is 5. The molecule has 14 heteroatoms. The zero-order chi connectivity index (χ0) is 37.2. The summed E-state index contributed by atoms with van der Waals surface area (Å²) in [7, 11) is 2.63. The lowest BCUT2D eigenvalue weighted by Gasteiger charge is -2.66. The quantitative estimate of drug-likeness (QED) is 0.239. The predicted molar refractivity (Wildman–Crippen MR) is 174 cm³/mol. The number of hydrogen-bond donors (Lipinski definition) is 2. The Kier molecular flexibility index (Phi) is 7.15. The minimum Gasteiger partial charge on any atom is -0.469 e. The van der Waals surface area contributed by atoms with Crippen molar-refractivity contribution < 1.29 is 67.2 Å². The van der Waals surface area contributed by atoms with E-state index in [1.165, 1.54) is 27.4 Å². The highest BCUT2D eigenvalue weighted by atomic mass is 16.7. The van der Waals surface area contributed by atoms with Gasteiger partial charge >= 0.3 is 17.9 Å². The van der Waals surface area contributed by atoms with E-state index >= 15 is 0 Å². The summed E-state index contributed by atoms with van der Waals surface area (Å²) < 4.78 is 57.1. The number of aliphatic hydroxyl groups is 2. The highest BCUT2D eigenvalue weighted by Crippen LogP contribution is 2.82. The molecule has 18 atom stereocenters. The van der Waals surface area contributed by atoms with Crippen LogP contribution in [-0.4, -0.2) is 115 Å². The largest absolute Gasteiger partial charge is 0.469 e. The van der Waals surface area contributed by atoms with Gasteiger partial charge in [0.15, 0.2) is 5.60 Å². The molecule has 2 N–H and O–H groups in total. The predicted octanol–water partition coefficient (Wildman–Crippen LogP) is 1.93. The van der Waals surface area contributed by atoms with Crippen LogP contribution < -0.4 is 0 Å². The standard InChI is InChI=1S/C38H50O14/c1-9-17(2)28(40)51-22-13-23(49-18(3)39)35-16-48-37(45-8,30(41)44-7)29(35)34(6)27(25-26(35)32(22,4)15-47-25)52-33(5)14-19-20-12-21(24(19)38(33,34)43)50-31-36(20,42)10-11-46-31/h9-11,19-27,29,31,42-43H,12-16H2,1-8H3/b17-9+/t19?,20-,21+,22-,23+,24?,25-,26+,27?,29+,31+,32-,33-,34-,35+,36+,37+,38-/m1/s1. The molecule has 14 nitrogen and oxygen atoms in total. The number of carbonyl (C=O) groups is 3. The van der Waals surface area contributed by atoms with Gasteiger partial charge < -0.3 is 52.8 Å². The van der Waals surface area contributed by atoms with Crippen LogP contribution in [0.15, 0.2) is 24.0 Å². The second-order valence-electron chi connectivity index (χ2n) is 17.5. The Labute approximate surface area is 302 Å². The summed E-state index contributed by atoms with van der Waals surface area (Å²) in [6.07, 6.45) is 1.08. The number of carbonyl (C=O) groups excluding carboxylic acids is 3. The normalized spacial score (nSPS) is 57.2. The van der Waals surface area contributed by atoms with Gasteiger partial charge in [0.2, 0.25) is 6.29 Å². The maximum Gasteiger partial charge on any atom is 0.366 e. The van der Waals surface area contributed by atoms with Gasteiger partial charge in [-0.3, -0.25) is 4.79 Å². The summed E-state index contributed by atoms with van der Waals surface area (Å²) in [6.45, 7) is 10.6. The summed E-state index contributed by atoms with van der Waals surface area (Å²) in [5.41, 5.74) is -7.37. The van der Waals surface area contributed by atoms with Gasteiger partial charge in [0.05, 0.1) is 50.5 Å². The Bertz CT molecular complexity index is 1680. The monoisotopic (exact) mass is 730 g/mol. The molecule has 5 heterocycles. The van der Waals surface area contributed by atoms with Crippen LogP contribution in [0.2, 0.25) is 0 Å². The van der Waals surface area contributed by atoms with Crippen molar-refractivity contribution in [1.82, 2.24) is 0 Å². The van der Waals surface area contributed by atoms with Gasteiger partial charge in [0, 0.05) is 65.9 Å². The maximum absolute atomic E-state index is 14.3. The third kappa shape index (κ3) is 3.60. The highest BCUT2D eigenvalue weighted by molar-refractivity contribution is 5.87. The van der Waals surface area contributed by atoms with Gasteiger partial charge in [-0.05, 0) is 45.6 Å². The van der Waals surface area contributed by atoms with Gasteiger partial charge in [-0.2, -0.15) is 0 Å². The molecule has 0 radical (unpaired) electrons. The van der Waals surface area contributed by atoms with Crippen molar-refractivity contribution in [2.24, 2.45) is 45.8 Å². The summed E-state index contributed by atoms with van der Waals surface area (Å²) in [5.74, 6) is -6.63. The Hall–Kier alpha value is -2.59. The van der Waals surface area contributed by atoms with Crippen LogP contribution in [0.25, 0.3) is 0 Å². The first-order chi connectivity index (χ1) is 24.5. The van der Waals surface area contributed by atoms with Crippen LogP contribution in [0.1, 0.15) is 60.8 Å². The highest BCUT2D eigenvalue weighted by Gasteiger charge is 2.93. The fourth-order valence-corrected chi connectivity index (χ4v) is 14.0.